The maximum Gasteiger partial charge on any atom is 0.238 e. The summed E-state index contributed by atoms with van der Waals surface area (Å²) < 4.78 is 259. The Morgan fingerprint density at radius 3 is 1.30 bits per heavy atom. The van der Waals surface area contributed by atoms with Crippen molar-refractivity contribution in [2.24, 2.45) is 0 Å². The standard InChI is InChI=1S/C45H29N5/c1-4-14-30(15-5-1)31-24-26-34(27-25-31)49-39-22-12-10-20-35(39)37-28-29-38-36-21-11-13-23-40(36)50(42(38)41(37)49)45-47-43(32-16-6-2-7-17-32)46-44(48-45)33-18-8-3-9-19-33/h1-29H/i1D,2D,3D,4D,5D,6D,7D,8D,9D,10D,11D,12D,13D,14D,15D,16D,17D,18D,19D,20D,21D,22D,23D,24D,25D,26D,27D,28D,29D. The number of rotatable bonds is 5. The van der Waals surface area contributed by atoms with E-state index in [2.05, 4.69) is 15.0 Å². The molecule has 0 saturated heterocycles. The van der Waals surface area contributed by atoms with Gasteiger partial charge in [0.2, 0.25) is 5.95 Å². The van der Waals surface area contributed by atoms with Crippen molar-refractivity contribution in [3.05, 3.63) is 175 Å². The molecule has 10 rings (SSSR count). The van der Waals surface area contributed by atoms with Crippen LogP contribution in [0.2, 0.25) is 0 Å². The van der Waals surface area contributed by atoms with Gasteiger partial charge < -0.3 is 4.57 Å². The SMILES string of the molecule is [2H]c1c([2H])c([2H])c(-c2nc(-c3c([2H])c([2H])c([2H])c([2H])c3[2H])nc(-n3c4c([2H])c([2H])c([2H])c([2H])c4c4c([2H])c([2H])c5c6c([2H])c([2H])c([2H])c([2H])c6n(-c6c([2H])c([2H])c(-c7c([2H])c([2H])c([2H])c([2H])c7[2H])c([2H])c6[2H])c5c43)n2)c([2H])c1[2H]. The first-order chi connectivity index (χ1) is 36.9. The predicted molar refractivity (Wildman–Crippen MR) is 205 cm³/mol. The van der Waals surface area contributed by atoms with Gasteiger partial charge in [-0.3, -0.25) is 4.57 Å². The Labute approximate surface area is 329 Å². The van der Waals surface area contributed by atoms with Crippen LogP contribution in [0.4, 0.5) is 0 Å². The molecule has 0 N–H and O–H groups in total. The molecule has 5 nitrogen and oxygen atoms in total. The van der Waals surface area contributed by atoms with E-state index in [4.69, 9.17) is 26.0 Å². The summed E-state index contributed by atoms with van der Waals surface area (Å²) in [5, 5.41) is -2.47. The van der Waals surface area contributed by atoms with Gasteiger partial charge in [-0.2, -0.15) is 9.97 Å². The fourth-order valence-electron chi connectivity index (χ4n) is 5.56. The fourth-order valence-corrected chi connectivity index (χ4v) is 5.56. The minimum absolute atomic E-state index is 0.608. The van der Waals surface area contributed by atoms with Crippen LogP contribution >= 0.6 is 0 Å². The van der Waals surface area contributed by atoms with Crippen molar-refractivity contribution in [1.29, 1.82) is 0 Å². The van der Waals surface area contributed by atoms with Gasteiger partial charge in [-0.25, -0.2) is 4.98 Å². The number of benzene rings is 7. The number of hydrogen-bond donors (Lipinski definition) is 0. The van der Waals surface area contributed by atoms with Crippen LogP contribution in [0.1, 0.15) is 39.8 Å². The van der Waals surface area contributed by atoms with Crippen molar-refractivity contribution >= 4 is 43.6 Å². The molecule has 0 bridgehead atoms. The highest BCUT2D eigenvalue weighted by Gasteiger charge is 2.23. The molecule has 3 heterocycles. The fraction of sp³-hybridized carbons (Fsp3) is 0. The van der Waals surface area contributed by atoms with Gasteiger partial charge in [-0.1, -0.05) is 151 Å². The number of para-hydroxylation sites is 2. The highest BCUT2D eigenvalue weighted by Crippen LogP contribution is 2.41. The summed E-state index contributed by atoms with van der Waals surface area (Å²) in [5.74, 6) is -2.72. The van der Waals surface area contributed by atoms with E-state index in [9.17, 15) is 13.7 Å². The summed E-state index contributed by atoms with van der Waals surface area (Å²) in [7, 11) is 0. The van der Waals surface area contributed by atoms with E-state index in [0.29, 0.717) is 0 Å². The summed E-state index contributed by atoms with van der Waals surface area (Å²) in [5.41, 5.74) is -6.83. The lowest BCUT2D eigenvalue weighted by molar-refractivity contribution is 0.953. The number of hydrogen-bond acceptors (Lipinski definition) is 3. The van der Waals surface area contributed by atoms with Gasteiger partial charge in [0, 0.05) is 38.4 Å². The minimum Gasteiger partial charge on any atom is -0.307 e. The average Bonchev–Trinajstić information content (AvgIpc) is 2.88. The summed E-state index contributed by atoms with van der Waals surface area (Å²) in [6.45, 7) is 0. The van der Waals surface area contributed by atoms with Crippen LogP contribution in [0.25, 0.3) is 89.2 Å². The lowest BCUT2D eigenvalue weighted by atomic mass is 10.1. The molecule has 3 aromatic heterocycles. The molecule has 0 amide bonds. The van der Waals surface area contributed by atoms with Crippen molar-refractivity contribution in [1.82, 2.24) is 24.1 Å². The molecule has 0 fully saturated rings. The highest BCUT2D eigenvalue weighted by atomic mass is 15.2. The molecular formula is C45H29N5. The van der Waals surface area contributed by atoms with Crippen LogP contribution in [-0.2, 0) is 0 Å². The van der Waals surface area contributed by atoms with Crippen LogP contribution < -0.4 is 0 Å². The third-order valence-electron chi connectivity index (χ3n) is 7.60. The lowest BCUT2D eigenvalue weighted by Gasteiger charge is -2.13. The van der Waals surface area contributed by atoms with Gasteiger partial charge in [0.15, 0.2) is 11.6 Å². The highest BCUT2D eigenvalue weighted by molar-refractivity contribution is 6.23. The zero-order valence-corrected chi connectivity index (χ0v) is 24.7. The van der Waals surface area contributed by atoms with Crippen LogP contribution in [0, 0.1) is 0 Å². The third kappa shape index (κ3) is 4.45. The Morgan fingerprint density at radius 1 is 0.340 bits per heavy atom. The zero-order valence-electron chi connectivity index (χ0n) is 53.7. The molecule has 0 aliphatic rings. The van der Waals surface area contributed by atoms with Crippen LogP contribution in [-0.4, -0.2) is 24.1 Å². The van der Waals surface area contributed by atoms with Gasteiger partial charge in [0.05, 0.1) is 61.8 Å². The lowest BCUT2D eigenvalue weighted by Crippen LogP contribution is -2.07. The van der Waals surface area contributed by atoms with E-state index in [1.54, 1.807) is 0 Å². The first-order valence-corrected chi connectivity index (χ1v) is 14.4. The molecule has 10 aromatic rings. The van der Waals surface area contributed by atoms with Crippen molar-refractivity contribution in [3.8, 4) is 45.5 Å². The van der Waals surface area contributed by atoms with Crippen molar-refractivity contribution in [2.45, 2.75) is 0 Å². The molecule has 234 valence electrons. The van der Waals surface area contributed by atoms with E-state index in [-0.39, 0.29) is 0 Å². The second kappa shape index (κ2) is 11.4. The van der Waals surface area contributed by atoms with Gasteiger partial charge in [-0.05, 0) is 35.3 Å². The van der Waals surface area contributed by atoms with E-state index >= 15 is 0 Å². The van der Waals surface area contributed by atoms with E-state index in [1.807, 2.05) is 0 Å². The maximum atomic E-state index is 9.66. The molecule has 0 aliphatic carbocycles. The molecule has 5 heteroatoms. The van der Waals surface area contributed by atoms with Gasteiger partial charge >= 0.3 is 0 Å². The first kappa shape index (κ1) is 11.6. The molecule has 0 aliphatic heterocycles. The quantitative estimate of drug-likeness (QED) is 0.183. The normalized spacial score (nSPS) is 19.7. The van der Waals surface area contributed by atoms with Crippen LogP contribution in [0.15, 0.2) is 175 Å². The Hall–Kier alpha value is -6.85. The molecule has 0 spiro atoms. The molecule has 0 unspecified atom stereocenters. The number of aromatic nitrogens is 5. The van der Waals surface area contributed by atoms with Gasteiger partial charge in [0.1, 0.15) is 0 Å². The van der Waals surface area contributed by atoms with Crippen LogP contribution in [0.3, 0.4) is 0 Å². The zero-order chi connectivity index (χ0) is 58.3. The van der Waals surface area contributed by atoms with Crippen molar-refractivity contribution in [3.63, 3.8) is 0 Å². The Balaban J connectivity index is 1.54. The molecule has 50 heavy (non-hydrogen) atoms. The summed E-state index contributed by atoms with van der Waals surface area (Å²) >= 11 is 0. The maximum absolute atomic E-state index is 9.66. The van der Waals surface area contributed by atoms with Gasteiger partial charge in [0.25, 0.3) is 0 Å². The second-order valence-corrected chi connectivity index (χ2v) is 10.3. The minimum atomic E-state index is -1.11. The Kier molecular flexibility index (Phi) is 2.65. The smallest absolute Gasteiger partial charge is 0.238 e. The summed E-state index contributed by atoms with van der Waals surface area (Å²) in [6.07, 6.45) is 0. The summed E-state index contributed by atoms with van der Waals surface area (Å²) in [4.78, 5) is 13.2. The largest absolute Gasteiger partial charge is 0.307 e. The Bertz CT molecular complexity index is 4340. The number of nitrogens with zero attached hydrogens (tertiary/aromatic N) is 5. The number of fused-ring (bicyclic) bond motifs is 7. The Morgan fingerprint density at radius 2 is 0.760 bits per heavy atom. The van der Waals surface area contributed by atoms with Crippen molar-refractivity contribution < 1.29 is 39.8 Å². The molecule has 0 atom stereocenters. The predicted octanol–water partition coefficient (Wildman–Crippen LogP) is 11.1. The van der Waals surface area contributed by atoms with Gasteiger partial charge in [-0.15, -0.1) is 0 Å². The molecular weight excluding hydrogens is 611 g/mol. The second-order valence-electron chi connectivity index (χ2n) is 10.3. The molecule has 7 aromatic carbocycles. The molecule has 0 saturated carbocycles. The summed E-state index contributed by atoms with van der Waals surface area (Å²) in [6, 6.07) is -27.5. The first-order valence-electron chi connectivity index (χ1n) is 28.9. The van der Waals surface area contributed by atoms with E-state index in [0.717, 1.165) is 9.13 Å². The van der Waals surface area contributed by atoms with Crippen LogP contribution in [0.5, 0.6) is 0 Å². The monoisotopic (exact) mass is 668 g/mol. The molecule has 0 radical (unpaired) electrons. The van der Waals surface area contributed by atoms with Crippen molar-refractivity contribution in [2.75, 3.05) is 0 Å². The van der Waals surface area contributed by atoms with E-state index in [1.165, 1.54) is 0 Å². The average molecular weight is 669 g/mol. The third-order valence-corrected chi connectivity index (χ3v) is 7.60. The topological polar surface area (TPSA) is 48.5 Å². The van der Waals surface area contributed by atoms with E-state index < -0.39 is 264 Å².